The molecule has 0 spiro atoms. The highest BCUT2D eigenvalue weighted by Gasteiger charge is 2.22. The van der Waals surface area contributed by atoms with E-state index < -0.39 is 0 Å². The van der Waals surface area contributed by atoms with Gasteiger partial charge in [-0.15, -0.1) is 0 Å². The van der Waals surface area contributed by atoms with E-state index in [0.717, 1.165) is 18.9 Å². The molecule has 1 aliphatic carbocycles. The first-order valence-electron chi connectivity index (χ1n) is 8.34. The summed E-state index contributed by atoms with van der Waals surface area (Å²) >= 11 is 0. The molecule has 1 aromatic heterocycles. The molecular formula is C17H31N3. The summed E-state index contributed by atoms with van der Waals surface area (Å²) in [6.07, 6.45) is 9.46. The highest BCUT2D eigenvalue weighted by molar-refractivity contribution is 5.25. The zero-order valence-electron chi connectivity index (χ0n) is 13.7. The maximum atomic E-state index is 4.56. The summed E-state index contributed by atoms with van der Waals surface area (Å²) in [4.78, 5) is 0. The molecule has 1 saturated carbocycles. The quantitative estimate of drug-likeness (QED) is 0.826. The van der Waals surface area contributed by atoms with Crippen molar-refractivity contribution in [3.63, 3.8) is 0 Å². The van der Waals surface area contributed by atoms with Crippen molar-refractivity contribution in [3.8, 4) is 0 Å². The number of hydrogen-bond acceptors (Lipinski definition) is 2. The van der Waals surface area contributed by atoms with Gasteiger partial charge in [-0.2, -0.15) is 5.10 Å². The van der Waals surface area contributed by atoms with E-state index in [0.29, 0.717) is 6.04 Å². The lowest BCUT2D eigenvalue weighted by atomic mass is 9.93. The van der Waals surface area contributed by atoms with Gasteiger partial charge in [0.05, 0.1) is 5.69 Å². The van der Waals surface area contributed by atoms with Crippen LogP contribution >= 0.6 is 0 Å². The smallest absolute Gasteiger partial charge is 0.0628 e. The van der Waals surface area contributed by atoms with Crippen LogP contribution in [0.25, 0.3) is 0 Å². The lowest BCUT2D eigenvalue weighted by molar-refractivity contribution is 0.384. The number of aryl methyl sites for hydroxylation is 2. The van der Waals surface area contributed by atoms with E-state index in [1.807, 2.05) is 4.68 Å². The molecule has 0 bridgehead atoms. The van der Waals surface area contributed by atoms with Gasteiger partial charge < -0.3 is 5.32 Å². The number of hydrogen-bond donors (Lipinski definition) is 1. The normalized spacial score (nSPS) is 17.8. The maximum Gasteiger partial charge on any atom is 0.0628 e. The summed E-state index contributed by atoms with van der Waals surface area (Å²) in [6.45, 7) is 7.73. The molecular weight excluding hydrogens is 246 g/mol. The van der Waals surface area contributed by atoms with E-state index in [1.54, 1.807) is 0 Å². The Morgan fingerprint density at radius 3 is 2.55 bits per heavy atom. The Balaban J connectivity index is 2.01. The van der Waals surface area contributed by atoms with Crippen LogP contribution < -0.4 is 5.32 Å². The fraction of sp³-hybridized carbons (Fsp3) is 0.824. The monoisotopic (exact) mass is 277 g/mol. The molecule has 0 saturated heterocycles. The summed E-state index contributed by atoms with van der Waals surface area (Å²) in [5.74, 6) is 0.946. The Kier molecular flexibility index (Phi) is 5.64. The highest BCUT2D eigenvalue weighted by Crippen LogP contribution is 2.29. The molecule has 0 radical (unpaired) electrons. The SMILES string of the molecule is CCCNC(Cc1c(C)nn(C)c1C)CC1CCCC1. The number of nitrogens with one attached hydrogen (secondary N) is 1. The molecule has 114 valence electrons. The first-order valence-corrected chi connectivity index (χ1v) is 8.34. The number of rotatable bonds is 7. The third kappa shape index (κ3) is 3.85. The molecule has 1 fully saturated rings. The maximum absolute atomic E-state index is 4.56. The van der Waals surface area contributed by atoms with E-state index in [-0.39, 0.29) is 0 Å². The molecule has 2 rings (SSSR count). The van der Waals surface area contributed by atoms with Gasteiger partial charge in [-0.1, -0.05) is 32.6 Å². The minimum absolute atomic E-state index is 0.625. The Morgan fingerprint density at radius 2 is 2.00 bits per heavy atom. The fourth-order valence-corrected chi connectivity index (χ4v) is 3.60. The first kappa shape index (κ1) is 15.6. The van der Waals surface area contributed by atoms with Gasteiger partial charge >= 0.3 is 0 Å². The lowest BCUT2D eigenvalue weighted by Crippen LogP contribution is -2.33. The largest absolute Gasteiger partial charge is 0.314 e. The lowest BCUT2D eigenvalue weighted by Gasteiger charge is -2.22. The topological polar surface area (TPSA) is 29.9 Å². The molecule has 1 N–H and O–H groups in total. The Labute approximate surface area is 124 Å². The van der Waals surface area contributed by atoms with Gasteiger partial charge in [0, 0.05) is 18.8 Å². The van der Waals surface area contributed by atoms with Gasteiger partial charge in [0.1, 0.15) is 0 Å². The summed E-state index contributed by atoms with van der Waals surface area (Å²) in [6, 6.07) is 0.625. The Morgan fingerprint density at radius 1 is 1.30 bits per heavy atom. The van der Waals surface area contributed by atoms with E-state index in [2.05, 4.69) is 38.2 Å². The van der Waals surface area contributed by atoms with Gasteiger partial charge in [0.25, 0.3) is 0 Å². The zero-order chi connectivity index (χ0) is 14.5. The standard InChI is InChI=1S/C17H31N3/c1-5-10-18-16(11-15-8-6-7-9-15)12-17-13(2)19-20(4)14(17)3/h15-16,18H,5-12H2,1-4H3. The van der Waals surface area contributed by atoms with Crippen LogP contribution in [0.15, 0.2) is 0 Å². The van der Waals surface area contributed by atoms with E-state index in [1.165, 1.54) is 55.5 Å². The van der Waals surface area contributed by atoms with E-state index in [4.69, 9.17) is 0 Å². The minimum atomic E-state index is 0.625. The predicted octanol–water partition coefficient (Wildman–Crippen LogP) is 3.53. The van der Waals surface area contributed by atoms with Crippen molar-refractivity contribution in [2.75, 3.05) is 6.54 Å². The summed E-state index contributed by atoms with van der Waals surface area (Å²) < 4.78 is 2.02. The van der Waals surface area contributed by atoms with Gasteiger partial charge in [-0.05, 0) is 51.1 Å². The second kappa shape index (κ2) is 7.26. The molecule has 1 aliphatic rings. The third-order valence-corrected chi connectivity index (χ3v) is 4.89. The van der Waals surface area contributed by atoms with Crippen LogP contribution in [0.2, 0.25) is 0 Å². The van der Waals surface area contributed by atoms with Crippen LogP contribution in [0.5, 0.6) is 0 Å². The van der Waals surface area contributed by atoms with Gasteiger partial charge in [-0.25, -0.2) is 0 Å². The molecule has 20 heavy (non-hydrogen) atoms. The van der Waals surface area contributed by atoms with Crippen molar-refractivity contribution in [1.82, 2.24) is 15.1 Å². The number of nitrogens with zero attached hydrogens (tertiary/aromatic N) is 2. The molecule has 1 heterocycles. The molecule has 0 amide bonds. The predicted molar refractivity (Wildman–Crippen MR) is 85.0 cm³/mol. The van der Waals surface area contributed by atoms with Crippen molar-refractivity contribution in [1.29, 1.82) is 0 Å². The van der Waals surface area contributed by atoms with Crippen LogP contribution in [0, 0.1) is 19.8 Å². The Bertz CT molecular complexity index is 416. The zero-order valence-corrected chi connectivity index (χ0v) is 13.7. The minimum Gasteiger partial charge on any atom is -0.314 e. The van der Waals surface area contributed by atoms with E-state index >= 15 is 0 Å². The number of aromatic nitrogens is 2. The first-order chi connectivity index (χ1) is 9.61. The summed E-state index contributed by atoms with van der Waals surface area (Å²) in [5.41, 5.74) is 4.00. The third-order valence-electron chi connectivity index (χ3n) is 4.89. The molecule has 1 aromatic rings. The van der Waals surface area contributed by atoms with Crippen LogP contribution in [0.3, 0.4) is 0 Å². The summed E-state index contributed by atoms with van der Waals surface area (Å²) in [7, 11) is 2.05. The van der Waals surface area contributed by atoms with Crippen molar-refractivity contribution in [2.45, 2.75) is 71.8 Å². The van der Waals surface area contributed by atoms with Gasteiger partial charge in [0.15, 0.2) is 0 Å². The fourth-order valence-electron chi connectivity index (χ4n) is 3.60. The van der Waals surface area contributed by atoms with E-state index in [9.17, 15) is 0 Å². The molecule has 0 aromatic carbocycles. The molecule has 1 atom stereocenters. The average Bonchev–Trinajstić information content (AvgIpc) is 3.00. The van der Waals surface area contributed by atoms with Gasteiger partial charge in [0.2, 0.25) is 0 Å². The Hall–Kier alpha value is -0.830. The molecule has 3 nitrogen and oxygen atoms in total. The van der Waals surface area contributed by atoms with Gasteiger partial charge in [-0.3, -0.25) is 4.68 Å². The second-order valence-corrected chi connectivity index (χ2v) is 6.51. The van der Waals surface area contributed by atoms with Crippen LogP contribution in [0.1, 0.15) is 62.4 Å². The van der Waals surface area contributed by atoms with Crippen LogP contribution in [-0.2, 0) is 13.5 Å². The van der Waals surface area contributed by atoms with Crippen molar-refractivity contribution in [3.05, 3.63) is 17.0 Å². The van der Waals surface area contributed by atoms with Crippen molar-refractivity contribution >= 4 is 0 Å². The van der Waals surface area contributed by atoms with Crippen LogP contribution in [0.4, 0.5) is 0 Å². The summed E-state index contributed by atoms with van der Waals surface area (Å²) in [5, 5.41) is 8.34. The second-order valence-electron chi connectivity index (χ2n) is 6.51. The van der Waals surface area contributed by atoms with Crippen LogP contribution in [-0.4, -0.2) is 22.4 Å². The average molecular weight is 277 g/mol. The molecule has 0 aliphatic heterocycles. The molecule has 3 heteroatoms. The highest BCUT2D eigenvalue weighted by atomic mass is 15.3. The van der Waals surface area contributed by atoms with Crippen molar-refractivity contribution in [2.24, 2.45) is 13.0 Å². The van der Waals surface area contributed by atoms with Crippen molar-refractivity contribution < 1.29 is 0 Å². The molecule has 1 unspecified atom stereocenters.